The van der Waals surface area contributed by atoms with Gasteiger partial charge in [0.2, 0.25) is 0 Å². The first-order valence-electron chi connectivity index (χ1n) is 6.16. The summed E-state index contributed by atoms with van der Waals surface area (Å²) in [5, 5.41) is 3.45. The summed E-state index contributed by atoms with van der Waals surface area (Å²) in [6, 6.07) is 4.11. The number of pyridine rings is 1. The Labute approximate surface area is 97.2 Å². The lowest BCUT2D eigenvalue weighted by Gasteiger charge is -2.09. The SMILES string of the molecule is c1cncc(CCNCCC2CCCO2)c1. The van der Waals surface area contributed by atoms with Gasteiger partial charge in [-0.1, -0.05) is 6.07 Å². The van der Waals surface area contributed by atoms with Crippen LogP contribution in [0.5, 0.6) is 0 Å². The number of hydrogen-bond acceptors (Lipinski definition) is 3. The summed E-state index contributed by atoms with van der Waals surface area (Å²) in [5.74, 6) is 0. The molecule has 0 radical (unpaired) electrons. The van der Waals surface area contributed by atoms with Crippen molar-refractivity contribution in [2.75, 3.05) is 19.7 Å². The van der Waals surface area contributed by atoms with Crippen molar-refractivity contribution in [1.29, 1.82) is 0 Å². The van der Waals surface area contributed by atoms with Crippen LogP contribution in [-0.2, 0) is 11.2 Å². The molecule has 0 bridgehead atoms. The van der Waals surface area contributed by atoms with Crippen LogP contribution in [0.1, 0.15) is 24.8 Å². The third-order valence-electron chi connectivity index (χ3n) is 2.98. The van der Waals surface area contributed by atoms with Crippen LogP contribution in [-0.4, -0.2) is 30.8 Å². The Morgan fingerprint density at radius 3 is 3.19 bits per heavy atom. The van der Waals surface area contributed by atoms with Crippen LogP contribution >= 0.6 is 0 Å². The van der Waals surface area contributed by atoms with Crippen LogP contribution in [0.4, 0.5) is 0 Å². The van der Waals surface area contributed by atoms with Gasteiger partial charge in [-0.2, -0.15) is 0 Å². The zero-order valence-corrected chi connectivity index (χ0v) is 9.69. The zero-order chi connectivity index (χ0) is 11.1. The maximum atomic E-state index is 5.57. The number of aromatic nitrogens is 1. The lowest BCUT2D eigenvalue weighted by Crippen LogP contribution is -2.22. The van der Waals surface area contributed by atoms with Gasteiger partial charge in [-0.3, -0.25) is 4.98 Å². The summed E-state index contributed by atoms with van der Waals surface area (Å²) in [7, 11) is 0. The van der Waals surface area contributed by atoms with Gasteiger partial charge in [-0.15, -0.1) is 0 Å². The molecule has 3 nitrogen and oxygen atoms in total. The molecular formula is C13H20N2O. The molecule has 1 atom stereocenters. The first-order valence-corrected chi connectivity index (χ1v) is 6.16. The molecule has 1 fully saturated rings. The maximum Gasteiger partial charge on any atom is 0.0588 e. The molecule has 1 N–H and O–H groups in total. The van der Waals surface area contributed by atoms with Crippen LogP contribution in [0.25, 0.3) is 0 Å². The Kier molecular flexibility index (Phi) is 4.77. The summed E-state index contributed by atoms with van der Waals surface area (Å²) >= 11 is 0. The molecule has 0 saturated carbocycles. The first kappa shape index (κ1) is 11.6. The average Bonchev–Trinajstić information content (AvgIpc) is 2.83. The van der Waals surface area contributed by atoms with Crippen molar-refractivity contribution in [3.8, 4) is 0 Å². The predicted molar refractivity (Wildman–Crippen MR) is 64.4 cm³/mol. The van der Waals surface area contributed by atoms with Gasteiger partial charge in [-0.25, -0.2) is 0 Å². The molecule has 1 aliphatic rings. The molecule has 16 heavy (non-hydrogen) atoms. The number of nitrogens with one attached hydrogen (secondary N) is 1. The minimum absolute atomic E-state index is 0.505. The number of nitrogens with zero attached hydrogens (tertiary/aromatic N) is 1. The highest BCUT2D eigenvalue weighted by molar-refractivity contribution is 5.08. The van der Waals surface area contributed by atoms with Gasteiger partial charge in [0, 0.05) is 19.0 Å². The molecule has 1 aromatic heterocycles. The van der Waals surface area contributed by atoms with Crippen molar-refractivity contribution in [2.24, 2.45) is 0 Å². The summed E-state index contributed by atoms with van der Waals surface area (Å²) in [6.45, 7) is 3.05. The van der Waals surface area contributed by atoms with Gasteiger partial charge in [0.25, 0.3) is 0 Å². The molecule has 88 valence electrons. The van der Waals surface area contributed by atoms with Crippen molar-refractivity contribution in [2.45, 2.75) is 31.8 Å². The highest BCUT2D eigenvalue weighted by atomic mass is 16.5. The van der Waals surface area contributed by atoms with E-state index in [0.29, 0.717) is 6.10 Å². The fourth-order valence-corrected chi connectivity index (χ4v) is 2.04. The highest BCUT2D eigenvalue weighted by Crippen LogP contribution is 2.14. The fourth-order valence-electron chi connectivity index (χ4n) is 2.04. The largest absolute Gasteiger partial charge is 0.378 e. The van der Waals surface area contributed by atoms with Crippen molar-refractivity contribution < 1.29 is 4.74 Å². The fraction of sp³-hybridized carbons (Fsp3) is 0.615. The van der Waals surface area contributed by atoms with Gasteiger partial charge in [-0.05, 0) is 50.4 Å². The van der Waals surface area contributed by atoms with Crippen molar-refractivity contribution in [1.82, 2.24) is 10.3 Å². The second kappa shape index (κ2) is 6.61. The summed E-state index contributed by atoms with van der Waals surface area (Å²) in [4.78, 5) is 4.10. The zero-order valence-electron chi connectivity index (χ0n) is 9.69. The molecule has 0 aliphatic carbocycles. The lowest BCUT2D eigenvalue weighted by molar-refractivity contribution is 0.104. The molecule has 0 aromatic carbocycles. The van der Waals surface area contributed by atoms with E-state index >= 15 is 0 Å². The molecule has 2 rings (SSSR count). The number of rotatable bonds is 6. The summed E-state index contributed by atoms with van der Waals surface area (Å²) in [5.41, 5.74) is 1.30. The highest BCUT2D eigenvalue weighted by Gasteiger charge is 2.14. The standard InChI is InChI=1S/C13H20N2O/c1-3-12(11-15-7-1)5-8-14-9-6-13-4-2-10-16-13/h1,3,7,11,13-14H,2,4-6,8-10H2. The molecule has 0 spiro atoms. The molecule has 0 amide bonds. The Morgan fingerprint density at radius 2 is 2.44 bits per heavy atom. The predicted octanol–water partition coefficient (Wildman–Crippen LogP) is 1.78. The second-order valence-electron chi connectivity index (χ2n) is 4.28. The molecule has 1 unspecified atom stereocenters. The minimum Gasteiger partial charge on any atom is -0.378 e. The van der Waals surface area contributed by atoms with E-state index in [2.05, 4.69) is 16.4 Å². The van der Waals surface area contributed by atoms with E-state index in [0.717, 1.165) is 32.5 Å². The number of hydrogen-bond donors (Lipinski definition) is 1. The van der Waals surface area contributed by atoms with E-state index in [-0.39, 0.29) is 0 Å². The van der Waals surface area contributed by atoms with E-state index in [1.54, 1.807) is 0 Å². The Morgan fingerprint density at radius 1 is 1.44 bits per heavy atom. The topological polar surface area (TPSA) is 34.2 Å². The Hall–Kier alpha value is -0.930. The van der Waals surface area contributed by atoms with Crippen molar-refractivity contribution in [3.05, 3.63) is 30.1 Å². The van der Waals surface area contributed by atoms with Crippen LogP contribution in [0.2, 0.25) is 0 Å². The van der Waals surface area contributed by atoms with E-state index in [1.807, 2.05) is 18.5 Å². The molecule has 3 heteroatoms. The average molecular weight is 220 g/mol. The quantitative estimate of drug-likeness (QED) is 0.742. The van der Waals surface area contributed by atoms with Crippen LogP contribution < -0.4 is 5.32 Å². The summed E-state index contributed by atoms with van der Waals surface area (Å²) < 4.78 is 5.57. The van der Waals surface area contributed by atoms with Crippen LogP contribution in [0.3, 0.4) is 0 Å². The van der Waals surface area contributed by atoms with Crippen LogP contribution in [0, 0.1) is 0 Å². The summed E-state index contributed by atoms with van der Waals surface area (Å²) in [6.07, 6.45) is 8.93. The van der Waals surface area contributed by atoms with E-state index in [4.69, 9.17) is 4.74 Å². The maximum absolute atomic E-state index is 5.57. The van der Waals surface area contributed by atoms with E-state index in [9.17, 15) is 0 Å². The van der Waals surface area contributed by atoms with Gasteiger partial charge in [0.1, 0.15) is 0 Å². The third-order valence-corrected chi connectivity index (χ3v) is 2.98. The second-order valence-corrected chi connectivity index (χ2v) is 4.28. The molecule has 1 aliphatic heterocycles. The van der Waals surface area contributed by atoms with E-state index < -0.39 is 0 Å². The lowest BCUT2D eigenvalue weighted by atomic mass is 10.2. The molecule has 1 aromatic rings. The van der Waals surface area contributed by atoms with Crippen LogP contribution in [0.15, 0.2) is 24.5 Å². The molecule has 2 heterocycles. The van der Waals surface area contributed by atoms with Crippen molar-refractivity contribution >= 4 is 0 Å². The van der Waals surface area contributed by atoms with Gasteiger partial charge < -0.3 is 10.1 Å². The number of ether oxygens (including phenoxy) is 1. The minimum atomic E-state index is 0.505. The molecule has 1 saturated heterocycles. The Balaban J connectivity index is 1.52. The van der Waals surface area contributed by atoms with E-state index in [1.165, 1.54) is 18.4 Å². The van der Waals surface area contributed by atoms with Gasteiger partial charge in [0.05, 0.1) is 6.10 Å². The smallest absolute Gasteiger partial charge is 0.0588 e. The monoisotopic (exact) mass is 220 g/mol. The van der Waals surface area contributed by atoms with Gasteiger partial charge >= 0.3 is 0 Å². The van der Waals surface area contributed by atoms with Crippen molar-refractivity contribution in [3.63, 3.8) is 0 Å². The normalized spacial score (nSPS) is 20.1. The third kappa shape index (κ3) is 3.91. The molecular weight excluding hydrogens is 200 g/mol. The first-order chi connectivity index (χ1) is 7.95. The van der Waals surface area contributed by atoms with Gasteiger partial charge in [0.15, 0.2) is 0 Å². The Bertz CT molecular complexity index is 283.